The second kappa shape index (κ2) is 3.49. The lowest BCUT2D eigenvalue weighted by atomic mass is 9.91. The third-order valence-corrected chi connectivity index (χ3v) is 2.12. The fourth-order valence-corrected chi connectivity index (χ4v) is 1.44. The maximum atomic E-state index is 11.2. The standard InChI is InChI=1S/C10H16N4O/c1-10(2,3)8-6(12-4)7(9(11)15)14(5)13-8/h4H2,1-3,5H3,(H2,11,15). The maximum absolute atomic E-state index is 11.2. The smallest absolute Gasteiger partial charge is 0.269 e. The lowest BCUT2D eigenvalue weighted by Gasteiger charge is -2.15. The van der Waals surface area contributed by atoms with E-state index in [-0.39, 0.29) is 5.41 Å². The number of hydrogen-bond donors (Lipinski definition) is 1. The van der Waals surface area contributed by atoms with Crippen LogP contribution in [0.25, 0.3) is 0 Å². The summed E-state index contributed by atoms with van der Waals surface area (Å²) < 4.78 is 1.45. The minimum absolute atomic E-state index is 0.192. The van der Waals surface area contributed by atoms with Crippen LogP contribution in [0.3, 0.4) is 0 Å². The number of primary amides is 1. The van der Waals surface area contributed by atoms with Crippen molar-refractivity contribution in [3.8, 4) is 0 Å². The molecule has 0 fully saturated rings. The van der Waals surface area contributed by atoms with E-state index in [2.05, 4.69) is 16.8 Å². The Balaban J connectivity index is 3.51. The first-order valence-electron chi connectivity index (χ1n) is 4.63. The minimum Gasteiger partial charge on any atom is -0.364 e. The Labute approximate surface area is 89.0 Å². The summed E-state index contributed by atoms with van der Waals surface area (Å²) in [4.78, 5) is 15.1. The molecule has 0 saturated heterocycles. The molecule has 0 saturated carbocycles. The van der Waals surface area contributed by atoms with Crippen molar-refractivity contribution in [3.05, 3.63) is 11.4 Å². The first-order chi connectivity index (χ1) is 6.79. The van der Waals surface area contributed by atoms with Gasteiger partial charge >= 0.3 is 0 Å². The summed E-state index contributed by atoms with van der Waals surface area (Å²) in [6.45, 7) is 9.43. The first kappa shape index (κ1) is 11.4. The van der Waals surface area contributed by atoms with Crippen molar-refractivity contribution in [1.29, 1.82) is 0 Å². The van der Waals surface area contributed by atoms with Crippen LogP contribution in [0, 0.1) is 0 Å². The molecule has 0 radical (unpaired) electrons. The first-order valence-corrected chi connectivity index (χ1v) is 4.63. The van der Waals surface area contributed by atoms with Crippen molar-refractivity contribution in [1.82, 2.24) is 9.78 Å². The highest BCUT2D eigenvalue weighted by Gasteiger charge is 2.27. The highest BCUT2D eigenvalue weighted by atomic mass is 16.1. The van der Waals surface area contributed by atoms with E-state index in [0.29, 0.717) is 11.4 Å². The molecule has 1 heterocycles. The van der Waals surface area contributed by atoms with Gasteiger partial charge in [-0.1, -0.05) is 20.8 Å². The minimum atomic E-state index is -0.539. The summed E-state index contributed by atoms with van der Waals surface area (Å²) in [5.74, 6) is -0.539. The number of nitrogens with zero attached hydrogens (tertiary/aromatic N) is 3. The van der Waals surface area contributed by atoms with Crippen LogP contribution >= 0.6 is 0 Å². The van der Waals surface area contributed by atoms with E-state index in [0.717, 1.165) is 5.69 Å². The number of nitrogens with two attached hydrogens (primary N) is 1. The molecule has 0 bridgehead atoms. The predicted molar refractivity (Wildman–Crippen MR) is 59.6 cm³/mol. The topological polar surface area (TPSA) is 73.3 Å². The zero-order chi connectivity index (χ0) is 11.8. The molecule has 82 valence electrons. The fraction of sp³-hybridized carbons (Fsp3) is 0.500. The number of aryl methyl sites for hydroxylation is 1. The molecule has 1 aromatic rings. The summed E-state index contributed by atoms with van der Waals surface area (Å²) >= 11 is 0. The van der Waals surface area contributed by atoms with E-state index in [1.165, 1.54) is 4.68 Å². The lowest BCUT2D eigenvalue weighted by molar-refractivity contribution is 0.0992. The molecule has 2 N–H and O–H groups in total. The monoisotopic (exact) mass is 208 g/mol. The molecule has 0 spiro atoms. The molecule has 1 amide bonds. The molecule has 15 heavy (non-hydrogen) atoms. The second-order valence-electron chi connectivity index (χ2n) is 4.44. The fourth-order valence-electron chi connectivity index (χ4n) is 1.44. The van der Waals surface area contributed by atoms with Crippen LogP contribution in [0.4, 0.5) is 5.69 Å². The molecule has 5 nitrogen and oxygen atoms in total. The zero-order valence-corrected chi connectivity index (χ0v) is 9.53. The highest BCUT2D eigenvalue weighted by Crippen LogP contribution is 2.32. The Bertz CT molecular complexity index is 412. The Morgan fingerprint density at radius 2 is 2.07 bits per heavy atom. The van der Waals surface area contributed by atoms with Gasteiger partial charge < -0.3 is 5.73 Å². The number of aliphatic imine (C=N–C) groups is 1. The van der Waals surface area contributed by atoms with Crippen LogP contribution < -0.4 is 5.73 Å². The van der Waals surface area contributed by atoms with Crippen molar-refractivity contribution in [2.45, 2.75) is 26.2 Å². The molecular formula is C10H16N4O. The van der Waals surface area contributed by atoms with Crippen LogP contribution in [0.5, 0.6) is 0 Å². The summed E-state index contributed by atoms with van der Waals surface area (Å²) in [6, 6.07) is 0. The Hall–Kier alpha value is -1.65. The molecular weight excluding hydrogens is 192 g/mol. The third-order valence-electron chi connectivity index (χ3n) is 2.12. The quantitative estimate of drug-likeness (QED) is 0.740. The van der Waals surface area contributed by atoms with Crippen molar-refractivity contribution in [2.24, 2.45) is 17.8 Å². The van der Waals surface area contributed by atoms with E-state index in [9.17, 15) is 4.79 Å². The molecule has 0 aliphatic carbocycles. The number of amides is 1. The Kier molecular flexibility index (Phi) is 2.66. The molecule has 1 rings (SSSR count). The van der Waals surface area contributed by atoms with Crippen molar-refractivity contribution in [2.75, 3.05) is 0 Å². The molecule has 0 aromatic carbocycles. The zero-order valence-electron chi connectivity index (χ0n) is 9.53. The van der Waals surface area contributed by atoms with Crippen LogP contribution in [0.2, 0.25) is 0 Å². The van der Waals surface area contributed by atoms with Gasteiger partial charge in [0.25, 0.3) is 5.91 Å². The average molecular weight is 208 g/mol. The van der Waals surface area contributed by atoms with E-state index >= 15 is 0 Å². The van der Waals surface area contributed by atoms with Crippen molar-refractivity contribution in [3.63, 3.8) is 0 Å². The van der Waals surface area contributed by atoms with Crippen LogP contribution in [-0.2, 0) is 12.5 Å². The van der Waals surface area contributed by atoms with Gasteiger partial charge in [0.2, 0.25) is 0 Å². The van der Waals surface area contributed by atoms with Crippen LogP contribution in [0.1, 0.15) is 37.0 Å². The van der Waals surface area contributed by atoms with Gasteiger partial charge in [0, 0.05) is 12.5 Å². The van der Waals surface area contributed by atoms with Gasteiger partial charge in [-0.2, -0.15) is 5.10 Å². The third kappa shape index (κ3) is 1.91. The number of carbonyl (C=O) groups excluding carboxylic acids is 1. The lowest BCUT2D eigenvalue weighted by Crippen LogP contribution is -2.15. The molecule has 5 heteroatoms. The SMILES string of the molecule is C=Nc1c(C(C)(C)C)nn(C)c1C(N)=O. The van der Waals surface area contributed by atoms with Crippen molar-refractivity contribution >= 4 is 18.3 Å². The van der Waals surface area contributed by atoms with Gasteiger partial charge in [-0.25, -0.2) is 0 Å². The molecule has 0 unspecified atom stereocenters. The van der Waals surface area contributed by atoms with E-state index < -0.39 is 5.91 Å². The molecule has 0 aliphatic rings. The number of rotatable bonds is 2. The highest BCUT2D eigenvalue weighted by molar-refractivity contribution is 5.97. The van der Waals surface area contributed by atoms with Crippen LogP contribution in [0.15, 0.2) is 4.99 Å². The summed E-state index contributed by atoms with van der Waals surface area (Å²) in [5.41, 5.74) is 6.58. The van der Waals surface area contributed by atoms with Gasteiger partial charge in [-0.15, -0.1) is 0 Å². The summed E-state index contributed by atoms with van der Waals surface area (Å²) in [5, 5.41) is 4.26. The second-order valence-corrected chi connectivity index (χ2v) is 4.44. The maximum Gasteiger partial charge on any atom is 0.269 e. The molecule has 0 aliphatic heterocycles. The largest absolute Gasteiger partial charge is 0.364 e. The number of carbonyl (C=O) groups is 1. The van der Waals surface area contributed by atoms with Crippen LogP contribution in [-0.4, -0.2) is 22.4 Å². The predicted octanol–water partition coefficient (Wildman–Crippen LogP) is 1.15. The average Bonchev–Trinajstić information content (AvgIpc) is 2.41. The van der Waals surface area contributed by atoms with E-state index in [1.807, 2.05) is 20.8 Å². The summed E-state index contributed by atoms with van der Waals surface area (Å²) in [7, 11) is 1.67. The van der Waals surface area contributed by atoms with E-state index in [4.69, 9.17) is 5.73 Å². The Morgan fingerprint density at radius 1 is 1.53 bits per heavy atom. The molecule has 1 aromatic heterocycles. The Morgan fingerprint density at radius 3 is 2.40 bits per heavy atom. The van der Waals surface area contributed by atoms with E-state index in [1.54, 1.807) is 7.05 Å². The normalized spacial score (nSPS) is 11.5. The summed E-state index contributed by atoms with van der Waals surface area (Å²) in [6.07, 6.45) is 0. The van der Waals surface area contributed by atoms with Gasteiger partial charge in [0.15, 0.2) is 5.69 Å². The molecule has 0 atom stereocenters. The number of aromatic nitrogens is 2. The van der Waals surface area contributed by atoms with Gasteiger partial charge in [-0.05, 0) is 6.72 Å². The number of hydrogen-bond acceptors (Lipinski definition) is 3. The van der Waals surface area contributed by atoms with Gasteiger partial charge in [0.1, 0.15) is 5.69 Å². The van der Waals surface area contributed by atoms with Crippen molar-refractivity contribution < 1.29 is 4.79 Å². The van der Waals surface area contributed by atoms with Gasteiger partial charge in [-0.3, -0.25) is 14.5 Å². The van der Waals surface area contributed by atoms with Gasteiger partial charge in [0.05, 0.1) is 5.69 Å².